The summed E-state index contributed by atoms with van der Waals surface area (Å²) in [4.78, 5) is 23.0. The number of nitro groups is 1. The van der Waals surface area contributed by atoms with Crippen LogP contribution in [0.2, 0.25) is 5.02 Å². The van der Waals surface area contributed by atoms with Gasteiger partial charge in [0.25, 0.3) is 11.6 Å². The summed E-state index contributed by atoms with van der Waals surface area (Å²) in [6.07, 6.45) is 0. The molecular weight excluding hydrogens is 388 g/mol. The zero-order valence-corrected chi connectivity index (χ0v) is 15.6. The quantitative estimate of drug-likeness (QED) is 0.470. The molecular formula is C19H15ClN2O6. The van der Waals surface area contributed by atoms with Crippen molar-refractivity contribution in [1.82, 2.24) is 0 Å². The van der Waals surface area contributed by atoms with Crippen molar-refractivity contribution in [3.8, 4) is 22.8 Å². The molecule has 2 aromatic carbocycles. The molecule has 9 heteroatoms. The number of hydrogen-bond acceptors (Lipinski definition) is 6. The minimum atomic E-state index is -0.528. The number of rotatable bonds is 6. The van der Waals surface area contributed by atoms with Gasteiger partial charge in [0.1, 0.15) is 17.3 Å². The third kappa shape index (κ3) is 3.91. The van der Waals surface area contributed by atoms with Gasteiger partial charge in [0.05, 0.1) is 29.9 Å². The number of nitrogens with one attached hydrogen (secondary N) is 1. The van der Waals surface area contributed by atoms with E-state index >= 15 is 0 Å². The van der Waals surface area contributed by atoms with Crippen molar-refractivity contribution in [3.05, 3.63) is 69.4 Å². The first kappa shape index (κ1) is 19.2. The number of amides is 1. The van der Waals surface area contributed by atoms with Gasteiger partial charge in [-0.2, -0.15) is 0 Å². The first-order valence-corrected chi connectivity index (χ1v) is 8.38. The number of carbonyl (C=O) groups is 1. The molecule has 0 atom stereocenters. The maximum atomic E-state index is 12.5. The molecule has 0 saturated heterocycles. The van der Waals surface area contributed by atoms with Gasteiger partial charge < -0.3 is 19.2 Å². The van der Waals surface area contributed by atoms with Gasteiger partial charge >= 0.3 is 0 Å². The third-order valence-corrected chi connectivity index (χ3v) is 4.19. The molecule has 0 aliphatic rings. The lowest BCUT2D eigenvalue weighted by molar-refractivity contribution is -0.384. The fourth-order valence-electron chi connectivity index (χ4n) is 2.53. The highest BCUT2D eigenvalue weighted by Gasteiger charge is 2.17. The second-order valence-corrected chi connectivity index (χ2v) is 6.02. The maximum Gasteiger partial charge on any atom is 0.291 e. The third-order valence-electron chi connectivity index (χ3n) is 3.89. The van der Waals surface area contributed by atoms with Crippen LogP contribution in [0, 0.1) is 10.1 Å². The molecule has 28 heavy (non-hydrogen) atoms. The molecule has 144 valence electrons. The molecule has 0 saturated carbocycles. The van der Waals surface area contributed by atoms with Gasteiger partial charge in [-0.1, -0.05) is 23.7 Å². The van der Waals surface area contributed by atoms with Gasteiger partial charge in [-0.25, -0.2) is 0 Å². The molecule has 8 nitrogen and oxygen atoms in total. The number of benzene rings is 2. The van der Waals surface area contributed by atoms with Crippen LogP contribution in [-0.2, 0) is 0 Å². The normalized spacial score (nSPS) is 10.4. The zero-order chi connectivity index (χ0) is 20.3. The van der Waals surface area contributed by atoms with E-state index in [1.807, 2.05) is 0 Å². The highest BCUT2D eigenvalue weighted by atomic mass is 35.5. The van der Waals surface area contributed by atoms with Gasteiger partial charge in [0.15, 0.2) is 5.76 Å². The maximum absolute atomic E-state index is 12.5. The average molecular weight is 403 g/mol. The first-order valence-electron chi connectivity index (χ1n) is 8.00. The highest BCUT2D eigenvalue weighted by Crippen LogP contribution is 2.36. The van der Waals surface area contributed by atoms with Gasteiger partial charge in [0, 0.05) is 29.8 Å². The number of hydrogen-bond donors (Lipinski definition) is 1. The number of non-ortho nitro benzene ring substituents is 1. The molecule has 3 rings (SSSR count). The minimum absolute atomic E-state index is 0.0254. The topological polar surface area (TPSA) is 104 Å². The number of nitrogens with zero attached hydrogens (tertiary/aromatic N) is 1. The SMILES string of the molecule is COc1cc(NC(=O)c2ccc(-c3cccc([N+](=O)[O-])c3)o2)c(OC)cc1Cl. The number of carbonyl (C=O) groups excluding carboxylic acids is 1. The van der Waals surface area contributed by atoms with Crippen molar-refractivity contribution in [2.45, 2.75) is 0 Å². The molecule has 0 aliphatic carbocycles. The van der Waals surface area contributed by atoms with Crippen LogP contribution in [0.5, 0.6) is 11.5 Å². The molecule has 0 radical (unpaired) electrons. The van der Waals surface area contributed by atoms with E-state index in [1.54, 1.807) is 18.2 Å². The molecule has 1 heterocycles. The van der Waals surface area contributed by atoms with Crippen LogP contribution in [-0.4, -0.2) is 25.1 Å². The lowest BCUT2D eigenvalue weighted by Crippen LogP contribution is -2.12. The minimum Gasteiger partial charge on any atom is -0.495 e. The molecule has 0 fully saturated rings. The molecule has 1 aromatic heterocycles. The van der Waals surface area contributed by atoms with Crippen LogP contribution >= 0.6 is 11.6 Å². The highest BCUT2D eigenvalue weighted by molar-refractivity contribution is 6.32. The second kappa shape index (κ2) is 8.01. The van der Waals surface area contributed by atoms with Gasteiger partial charge in [-0.15, -0.1) is 0 Å². The molecule has 0 bridgehead atoms. The molecule has 0 aliphatic heterocycles. The zero-order valence-electron chi connectivity index (χ0n) is 14.9. The Bertz CT molecular complexity index is 1050. The van der Waals surface area contributed by atoms with Crippen molar-refractivity contribution in [2.24, 2.45) is 0 Å². The van der Waals surface area contributed by atoms with Gasteiger partial charge in [-0.3, -0.25) is 14.9 Å². The fourth-order valence-corrected chi connectivity index (χ4v) is 2.76. The fraction of sp³-hybridized carbons (Fsp3) is 0.105. The number of halogens is 1. The Kier molecular flexibility index (Phi) is 5.51. The van der Waals surface area contributed by atoms with Crippen LogP contribution in [0.3, 0.4) is 0 Å². The average Bonchev–Trinajstić information content (AvgIpc) is 3.19. The molecule has 0 spiro atoms. The summed E-state index contributed by atoms with van der Waals surface area (Å²) in [5.74, 6) is 0.547. The summed E-state index contributed by atoms with van der Waals surface area (Å²) in [6.45, 7) is 0. The van der Waals surface area contributed by atoms with Crippen molar-refractivity contribution >= 4 is 28.9 Å². The van der Waals surface area contributed by atoms with Crippen LogP contribution in [0.1, 0.15) is 10.6 Å². The van der Waals surface area contributed by atoms with Crippen molar-refractivity contribution in [1.29, 1.82) is 0 Å². The Hall–Kier alpha value is -3.52. The summed E-state index contributed by atoms with van der Waals surface area (Å²) < 4.78 is 15.9. The summed E-state index contributed by atoms with van der Waals surface area (Å²) in [7, 11) is 2.90. The summed E-state index contributed by atoms with van der Waals surface area (Å²) >= 11 is 6.06. The van der Waals surface area contributed by atoms with E-state index in [9.17, 15) is 14.9 Å². The van der Waals surface area contributed by atoms with Gasteiger partial charge in [-0.05, 0) is 12.1 Å². The van der Waals surface area contributed by atoms with Crippen molar-refractivity contribution < 1.29 is 23.6 Å². The summed E-state index contributed by atoms with van der Waals surface area (Å²) in [5.41, 5.74) is 0.763. The lowest BCUT2D eigenvalue weighted by atomic mass is 10.1. The molecule has 1 amide bonds. The van der Waals surface area contributed by atoms with Gasteiger partial charge in [0.2, 0.25) is 0 Å². The second-order valence-electron chi connectivity index (χ2n) is 5.61. The Balaban J connectivity index is 1.85. The summed E-state index contributed by atoms with van der Waals surface area (Å²) in [6, 6.07) is 12.0. The Morgan fingerprint density at radius 3 is 2.54 bits per heavy atom. The number of methoxy groups -OCH3 is 2. The number of ether oxygens (including phenoxy) is 2. The lowest BCUT2D eigenvalue weighted by Gasteiger charge is -2.12. The largest absolute Gasteiger partial charge is 0.495 e. The monoisotopic (exact) mass is 402 g/mol. The van der Waals surface area contributed by atoms with E-state index in [-0.39, 0.29) is 11.4 Å². The van der Waals surface area contributed by atoms with Crippen LogP contribution < -0.4 is 14.8 Å². The van der Waals surface area contributed by atoms with E-state index in [0.717, 1.165) is 0 Å². The predicted molar refractivity (Wildman–Crippen MR) is 103 cm³/mol. The number of furan rings is 1. The predicted octanol–water partition coefficient (Wildman–Crippen LogP) is 4.78. The number of nitro benzene ring substituents is 1. The van der Waals surface area contributed by atoms with Crippen molar-refractivity contribution in [3.63, 3.8) is 0 Å². The molecule has 3 aromatic rings. The van der Waals surface area contributed by atoms with Crippen molar-refractivity contribution in [2.75, 3.05) is 19.5 Å². The number of anilines is 1. The van der Waals surface area contributed by atoms with E-state index in [0.29, 0.717) is 33.5 Å². The Labute approximate surface area is 164 Å². The first-order chi connectivity index (χ1) is 13.4. The van der Waals surface area contributed by atoms with E-state index in [2.05, 4.69) is 5.32 Å². The molecule has 1 N–H and O–H groups in total. The van der Waals surface area contributed by atoms with Crippen LogP contribution in [0.25, 0.3) is 11.3 Å². The van der Waals surface area contributed by atoms with Crippen LogP contribution in [0.4, 0.5) is 11.4 Å². The smallest absolute Gasteiger partial charge is 0.291 e. The van der Waals surface area contributed by atoms with E-state index < -0.39 is 10.8 Å². The Morgan fingerprint density at radius 2 is 1.86 bits per heavy atom. The standard InChI is InChI=1S/C19H15ClN2O6/c1-26-17-10-14(18(27-2)9-13(17)20)21-19(23)16-7-6-15(28-16)11-4-3-5-12(8-11)22(24)25/h3-10H,1-2H3,(H,21,23). The summed E-state index contributed by atoms with van der Waals surface area (Å²) in [5, 5.41) is 13.9. The molecule has 0 unspecified atom stereocenters. The van der Waals surface area contributed by atoms with Crippen LogP contribution in [0.15, 0.2) is 52.9 Å². The van der Waals surface area contributed by atoms with E-state index in [4.69, 9.17) is 25.5 Å². The Morgan fingerprint density at radius 1 is 1.11 bits per heavy atom. The van der Waals surface area contributed by atoms with E-state index in [1.165, 1.54) is 44.6 Å².